The summed E-state index contributed by atoms with van der Waals surface area (Å²) in [5.41, 5.74) is 7.94. The van der Waals surface area contributed by atoms with Crippen LogP contribution in [0.25, 0.3) is 0 Å². The molecule has 76 valence electrons. The van der Waals surface area contributed by atoms with Gasteiger partial charge in [0.15, 0.2) is 0 Å². The third kappa shape index (κ3) is 1.80. The highest BCUT2D eigenvalue weighted by molar-refractivity contribution is 6.31. The van der Waals surface area contributed by atoms with Crippen LogP contribution in [0.5, 0.6) is 0 Å². The van der Waals surface area contributed by atoms with E-state index in [4.69, 9.17) is 17.3 Å². The standard InChI is InChI=1S/C11H15ClN2/c1-11(2)6-10(11)14-9-5-7(12)3-4-8(9)13/h3-5,10,14H,6,13H2,1-2H3. The van der Waals surface area contributed by atoms with E-state index in [0.29, 0.717) is 11.5 Å². The Morgan fingerprint density at radius 2 is 2.14 bits per heavy atom. The maximum atomic E-state index is 5.90. The van der Waals surface area contributed by atoms with Gasteiger partial charge in [-0.2, -0.15) is 0 Å². The molecule has 0 heterocycles. The first kappa shape index (κ1) is 9.66. The number of nitrogens with one attached hydrogen (secondary N) is 1. The maximum absolute atomic E-state index is 5.90. The normalized spacial score (nSPS) is 23.2. The van der Waals surface area contributed by atoms with E-state index < -0.39 is 0 Å². The smallest absolute Gasteiger partial charge is 0.0591 e. The number of benzene rings is 1. The fourth-order valence-electron chi connectivity index (χ4n) is 1.55. The number of halogens is 1. The van der Waals surface area contributed by atoms with Crippen molar-refractivity contribution < 1.29 is 0 Å². The number of anilines is 2. The Hall–Kier alpha value is -0.890. The van der Waals surface area contributed by atoms with Crippen molar-refractivity contribution >= 4 is 23.0 Å². The summed E-state index contributed by atoms with van der Waals surface area (Å²) in [6, 6.07) is 6.05. The van der Waals surface area contributed by atoms with Crippen molar-refractivity contribution in [2.24, 2.45) is 5.41 Å². The van der Waals surface area contributed by atoms with Gasteiger partial charge in [0.2, 0.25) is 0 Å². The fourth-order valence-corrected chi connectivity index (χ4v) is 1.73. The van der Waals surface area contributed by atoms with Crippen molar-refractivity contribution in [2.45, 2.75) is 26.3 Å². The molecule has 0 spiro atoms. The van der Waals surface area contributed by atoms with Gasteiger partial charge < -0.3 is 11.1 Å². The molecule has 0 aromatic heterocycles. The molecular formula is C11H15ClN2. The van der Waals surface area contributed by atoms with Gasteiger partial charge in [0, 0.05) is 11.1 Å². The number of hydrogen-bond acceptors (Lipinski definition) is 2. The van der Waals surface area contributed by atoms with E-state index in [0.717, 1.165) is 16.4 Å². The second-order valence-electron chi connectivity index (χ2n) is 4.62. The SMILES string of the molecule is CC1(C)CC1Nc1cc(Cl)ccc1N. The minimum atomic E-state index is 0.398. The molecule has 0 radical (unpaired) electrons. The van der Waals surface area contributed by atoms with Crippen molar-refractivity contribution in [3.63, 3.8) is 0 Å². The molecule has 1 aromatic rings. The molecule has 1 fully saturated rings. The molecule has 1 aromatic carbocycles. The van der Waals surface area contributed by atoms with Crippen LogP contribution in [0.2, 0.25) is 5.02 Å². The van der Waals surface area contributed by atoms with Gasteiger partial charge in [0.25, 0.3) is 0 Å². The summed E-state index contributed by atoms with van der Waals surface area (Å²) in [4.78, 5) is 0. The molecule has 0 saturated heterocycles. The fraction of sp³-hybridized carbons (Fsp3) is 0.455. The molecule has 0 bridgehead atoms. The third-order valence-electron chi connectivity index (χ3n) is 2.86. The molecule has 1 aliphatic carbocycles. The van der Waals surface area contributed by atoms with Crippen LogP contribution in [-0.4, -0.2) is 6.04 Å². The van der Waals surface area contributed by atoms with Crippen molar-refractivity contribution in [3.05, 3.63) is 23.2 Å². The maximum Gasteiger partial charge on any atom is 0.0591 e. The van der Waals surface area contributed by atoms with E-state index in [1.54, 1.807) is 6.07 Å². The summed E-state index contributed by atoms with van der Waals surface area (Å²) >= 11 is 5.90. The number of hydrogen-bond donors (Lipinski definition) is 2. The first-order valence-corrected chi connectivity index (χ1v) is 5.18. The highest BCUT2D eigenvalue weighted by atomic mass is 35.5. The van der Waals surface area contributed by atoms with Crippen molar-refractivity contribution in [3.8, 4) is 0 Å². The Morgan fingerprint density at radius 3 is 2.71 bits per heavy atom. The lowest BCUT2D eigenvalue weighted by atomic mass is 10.2. The molecule has 2 nitrogen and oxygen atoms in total. The second-order valence-corrected chi connectivity index (χ2v) is 5.06. The van der Waals surface area contributed by atoms with E-state index in [-0.39, 0.29) is 0 Å². The van der Waals surface area contributed by atoms with Gasteiger partial charge in [0.1, 0.15) is 0 Å². The van der Waals surface area contributed by atoms with Crippen LogP contribution in [-0.2, 0) is 0 Å². The third-order valence-corrected chi connectivity index (χ3v) is 3.09. The lowest BCUT2D eigenvalue weighted by Crippen LogP contribution is -2.09. The van der Waals surface area contributed by atoms with Crippen LogP contribution in [0.4, 0.5) is 11.4 Å². The first-order valence-electron chi connectivity index (χ1n) is 4.80. The monoisotopic (exact) mass is 210 g/mol. The van der Waals surface area contributed by atoms with Crippen LogP contribution in [0.1, 0.15) is 20.3 Å². The average molecular weight is 211 g/mol. The predicted octanol–water partition coefficient (Wildman–Crippen LogP) is 3.13. The van der Waals surface area contributed by atoms with Crippen molar-refractivity contribution in [1.29, 1.82) is 0 Å². The molecular weight excluding hydrogens is 196 g/mol. The summed E-state index contributed by atoms with van der Waals surface area (Å²) in [7, 11) is 0. The highest BCUT2D eigenvalue weighted by Crippen LogP contribution is 2.47. The summed E-state index contributed by atoms with van der Waals surface area (Å²) in [5, 5.41) is 4.13. The van der Waals surface area contributed by atoms with Gasteiger partial charge in [-0.05, 0) is 30.0 Å². The van der Waals surface area contributed by atoms with Gasteiger partial charge in [-0.15, -0.1) is 0 Å². The zero-order valence-electron chi connectivity index (χ0n) is 8.47. The zero-order valence-corrected chi connectivity index (χ0v) is 9.23. The summed E-state index contributed by atoms with van der Waals surface area (Å²) < 4.78 is 0. The molecule has 1 unspecified atom stereocenters. The van der Waals surface area contributed by atoms with Crippen LogP contribution in [0.15, 0.2) is 18.2 Å². The van der Waals surface area contributed by atoms with Gasteiger partial charge in [-0.3, -0.25) is 0 Å². The zero-order chi connectivity index (χ0) is 10.3. The Labute approximate surface area is 89.4 Å². The van der Waals surface area contributed by atoms with E-state index in [2.05, 4.69) is 19.2 Å². The largest absolute Gasteiger partial charge is 0.397 e. The van der Waals surface area contributed by atoms with Gasteiger partial charge in [0.05, 0.1) is 11.4 Å². The molecule has 0 amide bonds. The lowest BCUT2D eigenvalue weighted by molar-refractivity contribution is 0.631. The van der Waals surface area contributed by atoms with E-state index in [9.17, 15) is 0 Å². The molecule has 1 saturated carbocycles. The van der Waals surface area contributed by atoms with Gasteiger partial charge >= 0.3 is 0 Å². The molecule has 1 atom stereocenters. The molecule has 0 aliphatic heterocycles. The van der Waals surface area contributed by atoms with Crippen LogP contribution in [0.3, 0.4) is 0 Å². The number of nitrogen functional groups attached to an aromatic ring is 1. The Bertz CT molecular complexity index is 360. The molecule has 3 heteroatoms. The Balaban J connectivity index is 2.13. The quantitative estimate of drug-likeness (QED) is 0.737. The van der Waals surface area contributed by atoms with E-state index in [1.165, 1.54) is 6.42 Å². The summed E-state index contributed by atoms with van der Waals surface area (Å²) in [6.07, 6.45) is 1.19. The molecule has 14 heavy (non-hydrogen) atoms. The molecule has 3 N–H and O–H groups in total. The first-order chi connectivity index (χ1) is 6.49. The number of rotatable bonds is 2. The Morgan fingerprint density at radius 1 is 1.50 bits per heavy atom. The molecule has 1 aliphatic rings. The summed E-state index contributed by atoms with van der Waals surface area (Å²) in [5.74, 6) is 0. The van der Waals surface area contributed by atoms with Crippen LogP contribution >= 0.6 is 11.6 Å². The summed E-state index contributed by atoms with van der Waals surface area (Å²) in [6.45, 7) is 4.48. The van der Waals surface area contributed by atoms with E-state index in [1.807, 2.05) is 12.1 Å². The second kappa shape index (κ2) is 3.06. The van der Waals surface area contributed by atoms with Crippen LogP contribution in [0, 0.1) is 5.41 Å². The average Bonchev–Trinajstić information content (AvgIpc) is 2.67. The number of nitrogens with two attached hydrogens (primary N) is 1. The van der Waals surface area contributed by atoms with E-state index >= 15 is 0 Å². The lowest BCUT2D eigenvalue weighted by Gasteiger charge is -2.10. The minimum absolute atomic E-state index is 0.398. The van der Waals surface area contributed by atoms with Crippen LogP contribution < -0.4 is 11.1 Å². The van der Waals surface area contributed by atoms with Gasteiger partial charge in [-0.1, -0.05) is 25.4 Å². The van der Waals surface area contributed by atoms with Crippen molar-refractivity contribution in [2.75, 3.05) is 11.1 Å². The van der Waals surface area contributed by atoms with Crippen molar-refractivity contribution in [1.82, 2.24) is 0 Å². The molecule has 2 rings (SSSR count). The predicted molar refractivity (Wildman–Crippen MR) is 61.7 cm³/mol. The minimum Gasteiger partial charge on any atom is -0.397 e. The Kier molecular flexibility index (Phi) is 2.11. The van der Waals surface area contributed by atoms with Gasteiger partial charge in [-0.25, -0.2) is 0 Å². The highest BCUT2D eigenvalue weighted by Gasteiger charge is 2.45. The topological polar surface area (TPSA) is 38.0 Å².